The SMILES string of the molecule is CCCCNS(=O)(=O)N[C@@H]1C(OC(C)=O)C(OC(C)=O)[C@H](OC(C)=O)C2COC(=O)N21. The van der Waals surface area contributed by atoms with Crippen molar-refractivity contribution in [2.45, 2.75) is 71.1 Å². The van der Waals surface area contributed by atoms with Crippen LogP contribution in [0.15, 0.2) is 0 Å². The molecule has 176 valence electrons. The van der Waals surface area contributed by atoms with Crippen LogP contribution in [0.1, 0.15) is 40.5 Å². The Hall–Kier alpha value is -2.45. The van der Waals surface area contributed by atoms with Gasteiger partial charge in [0, 0.05) is 27.3 Å². The molecule has 2 fully saturated rings. The second-order valence-electron chi connectivity index (χ2n) is 7.09. The zero-order valence-corrected chi connectivity index (χ0v) is 18.5. The Morgan fingerprint density at radius 1 is 1.03 bits per heavy atom. The summed E-state index contributed by atoms with van der Waals surface area (Å²) in [6.07, 6.45) is -5.27. The molecule has 2 aliphatic heterocycles. The van der Waals surface area contributed by atoms with Gasteiger partial charge in [-0.1, -0.05) is 13.3 Å². The van der Waals surface area contributed by atoms with Crippen molar-refractivity contribution in [1.82, 2.24) is 14.3 Å². The fourth-order valence-electron chi connectivity index (χ4n) is 3.46. The summed E-state index contributed by atoms with van der Waals surface area (Å²) >= 11 is 0. The summed E-state index contributed by atoms with van der Waals surface area (Å²) < 4.78 is 50.5. The van der Waals surface area contributed by atoms with Gasteiger partial charge in [0.25, 0.3) is 10.2 Å². The van der Waals surface area contributed by atoms with E-state index in [4.69, 9.17) is 18.9 Å². The molecule has 0 spiro atoms. The predicted octanol–water partition coefficient (Wildman–Crippen LogP) is -0.834. The highest BCUT2D eigenvalue weighted by Crippen LogP contribution is 2.34. The quantitative estimate of drug-likeness (QED) is 0.249. The van der Waals surface area contributed by atoms with E-state index in [1.165, 1.54) is 0 Å². The maximum absolute atomic E-state index is 12.6. The van der Waals surface area contributed by atoms with Crippen molar-refractivity contribution < 1.29 is 46.5 Å². The van der Waals surface area contributed by atoms with Gasteiger partial charge in [0.1, 0.15) is 18.8 Å². The highest BCUT2D eigenvalue weighted by molar-refractivity contribution is 7.87. The number of cyclic esters (lactones) is 1. The van der Waals surface area contributed by atoms with Crippen molar-refractivity contribution in [3.8, 4) is 0 Å². The maximum atomic E-state index is 12.6. The third kappa shape index (κ3) is 6.27. The van der Waals surface area contributed by atoms with Crippen molar-refractivity contribution in [2.75, 3.05) is 13.2 Å². The summed E-state index contributed by atoms with van der Waals surface area (Å²) in [4.78, 5) is 48.6. The van der Waals surface area contributed by atoms with Crippen LogP contribution < -0.4 is 9.44 Å². The van der Waals surface area contributed by atoms with Gasteiger partial charge in [-0.2, -0.15) is 13.1 Å². The molecule has 3 unspecified atom stereocenters. The summed E-state index contributed by atoms with van der Waals surface area (Å²) in [6, 6.07) is -0.990. The Bertz CT molecular complexity index is 817. The second-order valence-corrected chi connectivity index (χ2v) is 8.62. The van der Waals surface area contributed by atoms with Gasteiger partial charge in [-0.25, -0.2) is 9.52 Å². The summed E-state index contributed by atoms with van der Waals surface area (Å²) in [5, 5.41) is 0. The van der Waals surface area contributed by atoms with Crippen LogP contribution in [-0.4, -0.2) is 81.0 Å². The lowest BCUT2D eigenvalue weighted by atomic mass is 9.92. The smallest absolute Gasteiger partial charge is 0.411 e. The van der Waals surface area contributed by atoms with Crippen molar-refractivity contribution in [1.29, 1.82) is 0 Å². The van der Waals surface area contributed by atoms with Crippen molar-refractivity contribution in [2.24, 2.45) is 0 Å². The number of esters is 3. The van der Waals surface area contributed by atoms with Gasteiger partial charge >= 0.3 is 24.0 Å². The largest absolute Gasteiger partial charge is 0.456 e. The molecule has 2 aliphatic rings. The fraction of sp³-hybridized carbons (Fsp3) is 0.765. The first-order chi connectivity index (χ1) is 14.5. The molecule has 0 aromatic carbocycles. The zero-order chi connectivity index (χ0) is 23.3. The third-order valence-electron chi connectivity index (χ3n) is 4.59. The molecule has 0 aliphatic carbocycles. The van der Waals surface area contributed by atoms with E-state index in [0.29, 0.717) is 6.42 Å². The molecular weight excluding hydrogens is 438 g/mol. The van der Waals surface area contributed by atoms with Crippen LogP contribution in [0.3, 0.4) is 0 Å². The molecule has 2 saturated heterocycles. The minimum atomic E-state index is -4.17. The minimum absolute atomic E-state index is 0.133. The molecule has 0 saturated carbocycles. The number of fused-ring (bicyclic) bond motifs is 1. The number of hydrogen-bond donors (Lipinski definition) is 2. The molecule has 5 atom stereocenters. The number of rotatable bonds is 9. The van der Waals surface area contributed by atoms with E-state index in [9.17, 15) is 27.6 Å². The average Bonchev–Trinajstić information content (AvgIpc) is 3.01. The first-order valence-electron chi connectivity index (χ1n) is 9.70. The van der Waals surface area contributed by atoms with E-state index in [2.05, 4.69) is 9.44 Å². The van der Waals surface area contributed by atoms with Gasteiger partial charge < -0.3 is 18.9 Å². The number of hydrogen-bond acceptors (Lipinski definition) is 10. The van der Waals surface area contributed by atoms with Gasteiger partial charge in [-0.05, 0) is 6.42 Å². The molecular formula is C17H27N3O10S. The molecule has 0 aromatic heterocycles. The number of nitrogens with zero attached hydrogens (tertiary/aromatic N) is 1. The van der Waals surface area contributed by atoms with E-state index in [-0.39, 0.29) is 13.2 Å². The van der Waals surface area contributed by atoms with Crippen LogP contribution in [-0.2, 0) is 43.5 Å². The fourth-order valence-corrected chi connectivity index (χ4v) is 4.52. The number of unbranched alkanes of at least 4 members (excludes halogenated alkanes) is 1. The third-order valence-corrected chi connectivity index (χ3v) is 5.72. The minimum Gasteiger partial charge on any atom is -0.456 e. The molecule has 0 aromatic rings. The summed E-state index contributed by atoms with van der Waals surface area (Å²) in [5.74, 6) is -2.37. The van der Waals surface area contributed by atoms with E-state index in [0.717, 1.165) is 32.1 Å². The summed E-state index contributed by atoms with van der Waals surface area (Å²) in [5.41, 5.74) is 0. The monoisotopic (exact) mass is 465 g/mol. The van der Waals surface area contributed by atoms with Crippen LogP contribution >= 0.6 is 0 Å². The van der Waals surface area contributed by atoms with Crippen LogP contribution in [0, 0.1) is 0 Å². The molecule has 2 heterocycles. The molecule has 1 amide bonds. The van der Waals surface area contributed by atoms with Crippen molar-refractivity contribution in [3.05, 3.63) is 0 Å². The summed E-state index contributed by atoms with van der Waals surface area (Å²) in [7, 11) is -4.17. The van der Waals surface area contributed by atoms with E-state index < -0.39 is 64.7 Å². The highest BCUT2D eigenvalue weighted by Gasteiger charge is 2.60. The Labute approximate surface area is 179 Å². The Morgan fingerprint density at radius 3 is 2.13 bits per heavy atom. The molecule has 0 bridgehead atoms. The van der Waals surface area contributed by atoms with E-state index in [1.807, 2.05) is 6.92 Å². The molecule has 2 N–H and O–H groups in total. The molecule has 31 heavy (non-hydrogen) atoms. The number of nitrogens with one attached hydrogen (secondary N) is 2. The number of ether oxygens (including phenoxy) is 4. The Kier molecular flexibility index (Phi) is 8.20. The van der Waals surface area contributed by atoms with Crippen molar-refractivity contribution in [3.63, 3.8) is 0 Å². The lowest BCUT2D eigenvalue weighted by molar-refractivity contribution is -0.207. The summed E-state index contributed by atoms with van der Waals surface area (Å²) in [6.45, 7) is 5.01. The number of amides is 1. The van der Waals surface area contributed by atoms with E-state index in [1.54, 1.807) is 0 Å². The van der Waals surface area contributed by atoms with Gasteiger partial charge in [0.15, 0.2) is 18.3 Å². The first kappa shape index (κ1) is 24.8. The van der Waals surface area contributed by atoms with Crippen molar-refractivity contribution >= 4 is 34.2 Å². The Balaban J connectivity index is 2.48. The number of carbonyl (C=O) groups excluding carboxylic acids is 4. The molecule has 14 heteroatoms. The average molecular weight is 465 g/mol. The van der Waals surface area contributed by atoms with Gasteiger partial charge in [-0.15, -0.1) is 0 Å². The standard InChI is InChI=1S/C17H27N3O10S/c1-5-6-7-18-31(25,26)19-16-15(30-11(4)23)14(29-10(3)22)13(28-9(2)21)12-8-27-17(24)20(12)16/h12-16,18-19H,5-8H2,1-4H3/t12?,13-,14?,15?,16+/m1/s1. The number of piperidine rings is 1. The first-order valence-corrected chi connectivity index (χ1v) is 11.2. The molecule has 2 rings (SSSR count). The molecule has 0 radical (unpaired) electrons. The van der Waals surface area contributed by atoms with Crippen LogP contribution in [0.25, 0.3) is 0 Å². The predicted molar refractivity (Wildman–Crippen MR) is 102 cm³/mol. The Morgan fingerprint density at radius 2 is 1.58 bits per heavy atom. The second kappa shape index (κ2) is 10.2. The highest BCUT2D eigenvalue weighted by atomic mass is 32.2. The van der Waals surface area contributed by atoms with Crippen LogP contribution in [0.5, 0.6) is 0 Å². The van der Waals surface area contributed by atoms with Gasteiger partial charge in [0.05, 0.1) is 0 Å². The van der Waals surface area contributed by atoms with E-state index >= 15 is 0 Å². The van der Waals surface area contributed by atoms with Crippen LogP contribution in [0.2, 0.25) is 0 Å². The topological polar surface area (TPSA) is 167 Å². The maximum Gasteiger partial charge on any atom is 0.411 e. The van der Waals surface area contributed by atoms with Gasteiger partial charge in [0.2, 0.25) is 0 Å². The number of carbonyl (C=O) groups is 4. The lowest BCUT2D eigenvalue weighted by Crippen LogP contribution is -2.72. The lowest BCUT2D eigenvalue weighted by Gasteiger charge is -2.47. The van der Waals surface area contributed by atoms with Crippen LogP contribution in [0.4, 0.5) is 4.79 Å². The van der Waals surface area contributed by atoms with Gasteiger partial charge in [-0.3, -0.25) is 19.3 Å². The normalized spacial score (nSPS) is 27.8. The molecule has 13 nitrogen and oxygen atoms in total. The zero-order valence-electron chi connectivity index (χ0n) is 17.7.